The largest absolute Gasteiger partial charge is 0.493 e. The zero-order valence-electron chi connectivity index (χ0n) is 17.0. The molecule has 0 spiro atoms. The third-order valence-electron chi connectivity index (χ3n) is 5.23. The molecule has 0 fully saturated rings. The van der Waals surface area contributed by atoms with Gasteiger partial charge in [0.2, 0.25) is 0 Å². The average molecular weight is 377 g/mol. The molecule has 3 heterocycles. The standard InChI is InChI=1S/C22H23N3O3/c1-12-10-16-18(25(12)4)11-17(20-13(2)24-28-14(20)3)23-21(16)15-8-7-9-19(26-5)22(15)27-6/h7-11H,1-6H3. The van der Waals surface area contributed by atoms with Crippen LogP contribution >= 0.6 is 0 Å². The van der Waals surface area contributed by atoms with Crippen molar-refractivity contribution < 1.29 is 14.0 Å². The van der Waals surface area contributed by atoms with E-state index < -0.39 is 0 Å². The number of rotatable bonds is 4. The first-order valence-electron chi connectivity index (χ1n) is 9.08. The van der Waals surface area contributed by atoms with Crippen LogP contribution in [0.25, 0.3) is 33.4 Å². The van der Waals surface area contributed by atoms with Crippen molar-refractivity contribution in [1.82, 2.24) is 14.7 Å². The summed E-state index contributed by atoms with van der Waals surface area (Å²) in [5, 5.41) is 5.15. The number of ether oxygens (including phenoxy) is 2. The fourth-order valence-electron chi connectivity index (χ4n) is 3.71. The van der Waals surface area contributed by atoms with E-state index in [-0.39, 0.29) is 0 Å². The molecule has 144 valence electrons. The van der Waals surface area contributed by atoms with Gasteiger partial charge in [-0.1, -0.05) is 11.2 Å². The molecular formula is C22H23N3O3. The van der Waals surface area contributed by atoms with E-state index in [0.717, 1.165) is 50.6 Å². The Labute approximate surface area is 163 Å². The summed E-state index contributed by atoms with van der Waals surface area (Å²) < 4.78 is 18.7. The first-order chi connectivity index (χ1) is 13.5. The molecule has 6 nitrogen and oxygen atoms in total. The Morgan fingerprint density at radius 3 is 2.46 bits per heavy atom. The SMILES string of the molecule is COc1cccc(-c2nc(-c3c(C)noc3C)cc3c2cc(C)n3C)c1OC. The molecule has 4 aromatic rings. The van der Waals surface area contributed by atoms with E-state index in [1.54, 1.807) is 14.2 Å². The number of aromatic nitrogens is 3. The van der Waals surface area contributed by atoms with Crippen molar-refractivity contribution in [2.75, 3.05) is 14.2 Å². The monoisotopic (exact) mass is 377 g/mol. The highest BCUT2D eigenvalue weighted by Gasteiger charge is 2.21. The Morgan fingerprint density at radius 2 is 1.82 bits per heavy atom. The van der Waals surface area contributed by atoms with E-state index in [4.69, 9.17) is 19.0 Å². The van der Waals surface area contributed by atoms with Gasteiger partial charge in [0.1, 0.15) is 5.76 Å². The maximum Gasteiger partial charge on any atom is 0.170 e. The molecule has 0 N–H and O–H groups in total. The Kier molecular flexibility index (Phi) is 4.34. The summed E-state index contributed by atoms with van der Waals surface area (Å²) in [7, 11) is 5.34. The number of pyridine rings is 1. The highest BCUT2D eigenvalue weighted by atomic mass is 16.5. The molecule has 0 bridgehead atoms. The molecule has 28 heavy (non-hydrogen) atoms. The Hall–Kier alpha value is -3.28. The molecule has 3 aromatic heterocycles. The summed E-state index contributed by atoms with van der Waals surface area (Å²) in [6.45, 7) is 5.92. The van der Waals surface area contributed by atoms with Gasteiger partial charge in [-0.15, -0.1) is 0 Å². The van der Waals surface area contributed by atoms with Crippen LogP contribution in [0.3, 0.4) is 0 Å². The van der Waals surface area contributed by atoms with E-state index in [2.05, 4.69) is 35.8 Å². The first kappa shape index (κ1) is 18.1. The van der Waals surface area contributed by atoms with Crippen LogP contribution in [-0.2, 0) is 7.05 Å². The van der Waals surface area contributed by atoms with Gasteiger partial charge in [-0.25, -0.2) is 4.98 Å². The minimum Gasteiger partial charge on any atom is -0.493 e. The summed E-state index contributed by atoms with van der Waals surface area (Å²) in [5.74, 6) is 2.08. The molecule has 1 aromatic carbocycles. The van der Waals surface area contributed by atoms with Gasteiger partial charge >= 0.3 is 0 Å². The van der Waals surface area contributed by atoms with Crippen LogP contribution in [0.2, 0.25) is 0 Å². The molecule has 0 radical (unpaired) electrons. The van der Waals surface area contributed by atoms with Crippen LogP contribution in [0.1, 0.15) is 17.1 Å². The second kappa shape index (κ2) is 6.71. The van der Waals surface area contributed by atoms with Gasteiger partial charge in [-0.3, -0.25) is 0 Å². The van der Waals surface area contributed by atoms with Gasteiger partial charge in [0.15, 0.2) is 11.5 Å². The Bertz CT molecular complexity index is 1170. The number of fused-ring (bicyclic) bond motifs is 1. The average Bonchev–Trinajstić information content (AvgIpc) is 3.18. The maximum absolute atomic E-state index is 5.68. The van der Waals surface area contributed by atoms with Crippen LogP contribution in [0.15, 0.2) is 34.9 Å². The summed E-state index contributed by atoms with van der Waals surface area (Å²) in [6, 6.07) is 10.1. The quantitative estimate of drug-likeness (QED) is 0.509. The van der Waals surface area contributed by atoms with E-state index in [0.29, 0.717) is 11.5 Å². The lowest BCUT2D eigenvalue weighted by atomic mass is 10.0. The van der Waals surface area contributed by atoms with Gasteiger partial charge in [-0.2, -0.15) is 0 Å². The Morgan fingerprint density at radius 1 is 1.04 bits per heavy atom. The van der Waals surface area contributed by atoms with Crippen molar-refractivity contribution in [3.05, 3.63) is 47.5 Å². The lowest BCUT2D eigenvalue weighted by molar-refractivity contribution is 0.356. The van der Waals surface area contributed by atoms with Crippen LogP contribution < -0.4 is 9.47 Å². The number of hydrogen-bond acceptors (Lipinski definition) is 5. The van der Waals surface area contributed by atoms with Gasteiger partial charge < -0.3 is 18.6 Å². The molecule has 0 atom stereocenters. The van der Waals surface area contributed by atoms with Gasteiger partial charge in [0.05, 0.1) is 42.4 Å². The normalized spacial score (nSPS) is 11.2. The lowest BCUT2D eigenvalue weighted by Crippen LogP contribution is -1.97. The molecule has 0 saturated heterocycles. The molecule has 0 unspecified atom stereocenters. The number of benzene rings is 1. The van der Waals surface area contributed by atoms with Crippen LogP contribution in [0.5, 0.6) is 11.5 Å². The fourth-order valence-corrected chi connectivity index (χ4v) is 3.71. The summed E-state index contributed by atoms with van der Waals surface area (Å²) in [6.07, 6.45) is 0. The Balaban J connectivity index is 2.11. The molecule has 4 rings (SSSR count). The highest BCUT2D eigenvalue weighted by Crippen LogP contribution is 2.41. The molecule has 6 heteroatoms. The minimum atomic E-state index is 0.663. The second-order valence-electron chi connectivity index (χ2n) is 6.87. The van der Waals surface area contributed by atoms with Crippen LogP contribution in [0, 0.1) is 20.8 Å². The predicted molar refractivity (Wildman–Crippen MR) is 109 cm³/mol. The highest BCUT2D eigenvalue weighted by molar-refractivity contribution is 5.98. The zero-order valence-corrected chi connectivity index (χ0v) is 17.0. The minimum absolute atomic E-state index is 0.663. The van der Waals surface area contributed by atoms with Crippen molar-refractivity contribution in [2.45, 2.75) is 20.8 Å². The molecule has 0 amide bonds. The lowest BCUT2D eigenvalue weighted by Gasteiger charge is -2.14. The first-order valence-corrected chi connectivity index (χ1v) is 9.08. The summed E-state index contributed by atoms with van der Waals surface area (Å²) in [4.78, 5) is 5.02. The van der Waals surface area contributed by atoms with Crippen molar-refractivity contribution in [3.8, 4) is 34.0 Å². The van der Waals surface area contributed by atoms with Gasteiger partial charge in [0.25, 0.3) is 0 Å². The number of hydrogen-bond donors (Lipinski definition) is 0. The van der Waals surface area contributed by atoms with Crippen molar-refractivity contribution >= 4 is 10.9 Å². The molecule has 0 aliphatic carbocycles. The molecule has 0 saturated carbocycles. The van der Waals surface area contributed by atoms with Crippen LogP contribution in [0.4, 0.5) is 0 Å². The van der Waals surface area contributed by atoms with Gasteiger partial charge in [0, 0.05) is 23.7 Å². The van der Waals surface area contributed by atoms with E-state index >= 15 is 0 Å². The summed E-state index contributed by atoms with van der Waals surface area (Å²) >= 11 is 0. The predicted octanol–water partition coefficient (Wildman–Crippen LogP) is 4.84. The number of methoxy groups -OCH3 is 2. The number of nitrogens with zero attached hydrogens (tertiary/aromatic N) is 3. The maximum atomic E-state index is 5.68. The van der Waals surface area contributed by atoms with Gasteiger partial charge in [-0.05, 0) is 45.0 Å². The third-order valence-corrected chi connectivity index (χ3v) is 5.23. The van der Waals surface area contributed by atoms with E-state index in [1.807, 2.05) is 32.0 Å². The smallest absolute Gasteiger partial charge is 0.170 e. The topological polar surface area (TPSA) is 62.3 Å². The van der Waals surface area contributed by atoms with E-state index in [9.17, 15) is 0 Å². The second-order valence-corrected chi connectivity index (χ2v) is 6.87. The molecule has 0 aliphatic rings. The van der Waals surface area contributed by atoms with Crippen molar-refractivity contribution in [1.29, 1.82) is 0 Å². The van der Waals surface area contributed by atoms with Crippen molar-refractivity contribution in [2.24, 2.45) is 7.05 Å². The number of aryl methyl sites for hydroxylation is 4. The molecule has 0 aliphatic heterocycles. The fraction of sp³-hybridized carbons (Fsp3) is 0.273. The van der Waals surface area contributed by atoms with Crippen molar-refractivity contribution in [3.63, 3.8) is 0 Å². The molecular weight excluding hydrogens is 354 g/mol. The van der Waals surface area contributed by atoms with E-state index in [1.165, 1.54) is 0 Å². The summed E-state index contributed by atoms with van der Waals surface area (Å²) in [5.41, 5.74) is 6.52. The number of para-hydroxylation sites is 1. The zero-order chi connectivity index (χ0) is 20.0. The van der Waals surface area contributed by atoms with Crippen LogP contribution in [-0.4, -0.2) is 28.9 Å². The third kappa shape index (κ3) is 2.64.